The zero-order valence-corrected chi connectivity index (χ0v) is 11.4. The van der Waals surface area contributed by atoms with Crippen LogP contribution in [0.25, 0.3) is 0 Å². The fraction of sp³-hybridized carbons (Fsp3) is 0.286. The fourth-order valence-corrected chi connectivity index (χ4v) is 1.89. The van der Waals surface area contributed by atoms with E-state index in [1.165, 1.54) is 6.07 Å². The molecule has 1 aromatic heterocycles. The van der Waals surface area contributed by atoms with E-state index in [9.17, 15) is 23.7 Å². The van der Waals surface area contributed by atoms with Crippen LogP contribution in [0.15, 0.2) is 30.7 Å². The number of aromatic nitrogens is 2. The molecule has 2 rings (SSSR count). The van der Waals surface area contributed by atoms with Crippen molar-refractivity contribution >= 4 is 11.8 Å². The van der Waals surface area contributed by atoms with Gasteiger partial charge in [-0.05, 0) is 34.5 Å². The molecule has 2 aromatic rings. The Kier molecular flexibility index (Phi) is 5.88. The highest BCUT2D eigenvalue weighted by Crippen LogP contribution is 2.23. The number of ether oxygens (including phenoxy) is 1. The number of rotatable bonds is 5. The van der Waals surface area contributed by atoms with E-state index in [1.807, 2.05) is 0 Å². The van der Waals surface area contributed by atoms with E-state index in [-0.39, 0.29) is 19.6 Å². The van der Waals surface area contributed by atoms with Crippen LogP contribution >= 0.6 is 0 Å². The van der Waals surface area contributed by atoms with E-state index in [0.29, 0.717) is 0 Å². The molecule has 0 bridgehead atoms. The Balaban J connectivity index is 0.00000264. The average molecular weight is 327 g/mol. The third kappa shape index (κ3) is 3.87. The zero-order valence-electron chi connectivity index (χ0n) is 11.4. The van der Waals surface area contributed by atoms with Crippen molar-refractivity contribution in [3.63, 3.8) is 0 Å². The maximum absolute atomic E-state index is 13.4. The topological polar surface area (TPSA) is 87.3 Å². The Hall–Kier alpha value is -2.84. The first-order chi connectivity index (χ1) is 10.4. The molecule has 0 aliphatic heterocycles. The second-order valence-corrected chi connectivity index (χ2v) is 4.26. The van der Waals surface area contributed by atoms with Gasteiger partial charge in [0, 0.05) is 0 Å². The Labute approximate surface area is 130 Å². The van der Waals surface area contributed by atoms with E-state index in [1.54, 1.807) is 6.92 Å². The largest absolute Gasteiger partial charge is 0.464 e. The van der Waals surface area contributed by atoms with Crippen LogP contribution in [-0.4, -0.2) is 27.1 Å². The van der Waals surface area contributed by atoms with Gasteiger partial charge in [0.2, 0.25) is 6.33 Å². The zero-order chi connectivity index (χ0) is 16.3. The number of halogens is 2. The SMILES string of the molecule is C.CCOC(=O)C(c1ccc(F)c(F)c1)n1cnc([N+](=O)[O-])c1. The number of nitro groups is 1. The van der Waals surface area contributed by atoms with Crippen LogP contribution in [0.4, 0.5) is 14.6 Å². The molecular weight excluding hydrogens is 312 g/mol. The van der Waals surface area contributed by atoms with Gasteiger partial charge in [0.15, 0.2) is 17.7 Å². The number of benzene rings is 1. The summed E-state index contributed by atoms with van der Waals surface area (Å²) in [5.41, 5.74) is 0.0876. The first-order valence-electron chi connectivity index (χ1n) is 6.23. The van der Waals surface area contributed by atoms with E-state index >= 15 is 0 Å². The minimum Gasteiger partial charge on any atom is -0.464 e. The first kappa shape index (κ1) is 18.2. The van der Waals surface area contributed by atoms with Crippen molar-refractivity contribution in [3.8, 4) is 0 Å². The molecule has 0 amide bonds. The van der Waals surface area contributed by atoms with Gasteiger partial charge in [-0.15, -0.1) is 0 Å². The molecule has 0 N–H and O–H groups in total. The molecule has 0 saturated heterocycles. The Morgan fingerprint density at radius 3 is 2.65 bits per heavy atom. The standard InChI is InChI=1S/C13H11F2N3O4.CH4/c1-2-22-13(19)12(8-3-4-9(14)10(15)5-8)17-6-11(16-7-17)18(20)21;/h3-7,12H,2H2,1H3;1H4. The van der Waals surface area contributed by atoms with Gasteiger partial charge in [-0.1, -0.05) is 13.5 Å². The van der Waals surface area contributed by atoms with Crippen molar-refractivity contribution in [1.82, 2.24) is 9.55 Å². The normalized spacial score (nSPS) is 11.4. The summed E-state index contributed by atoms with van der Waals surface area (Å²) in [5.74, 6) is -3.44. The lowest BCUT2D eigenvalue weighted by Gasteiger charge is -2.16. The highest BCUT2D eigenvalue weighted by atomic mass is 19.2. The number of nitrogens with zero attached hydrogens (tertiary/aromatic N) is 3. The van der Waals surface area contributed by atoms with Crippen molar-refractivity contribution in [2.24, 2.45) is 0 Å². The maximum Gasteiger partial charge on any atom is 0.381 e. The van der Waals surface area contributed by atoms with Gasteiger partial charge in [0.05, 0.1) is 6.61 Å². The lowest BCUT2D eigenvalue weighted by molar-refractivity contribution is -0.389. The molecule has 0 fully saturated rings. The second kappa shape index (κ2) is 7.43. The molecule has 0 radical (unpaired) electrons. The summed E-state index contributed by atoms with van der Waals surface area (Å²) < 4.78 is 32.4. The maximum atomic E-state index is 13.4. The molecular formula is C14H15F2N3O4. The molecule has 0 aliphatic rings. The minimum absolute atomic E-state index is 0. The van der Waals surface area contributed by atoms with Crippen LogP contribution in [0.5, 0.6) is 0 Å². The average Bonchev–Trinajstić information content (AvgIpc) is 2.93. The molecule has 1 aromatic carbocycles. The first-order valence-corrected chi connectivity index (χ1v) is 6.23. The van der Waals surface area contributed by atoms with Gasteiger partial charge in [-0.3, -0.25) is 4.57 Å². The summed E-state index contributed by atoms with van der Waals surface area (Å²) in [6.07, 6.45) is 2.07. The van der Waals surface area contributed by atoms with Gasteiger partial charge in [0.1, 0.15) is 6.20 Å². The molecule has 7 nitrogen and oxygen atoms in total. The summed E-state index contributed by atoms with van der Waals surface area (Å²) in [4.78, 5) is 25.5. The highest BCUT2D eigenvalue weighted by molar-refractivity contribution is 5.78. The third-order valence-corrected chi connectivity index (χ3v) is 2.84. The quantitative estimate of drug-likeness (QED) is 0.479. The molecule has 0 aliphatic carbocycles. The number of hydrogen-bond donors (Lipinski definition) is 0. The van der Waals surface area contributed by atoms with E-state index in [0.717, 1.165) is 29.2 Å². The van der Waals surface area contributed by atoms with Gasteiger partial charge in [-0.2, -0.15) is 0 Å². The Morgan fingerprint density at radius 2 is 2.13 bits per heavy atom. The number of carbonyl (C=O) groups excluding carboxylic acids is 1. The summed E-state index contributed by atoms with van der Waals surface area (Å²) in [7, 11) is 0. The van der Waals surface area contributed by atoms with E-state index in [4.69, 9.17) is 4.74 Å². The van der Waals surface area contributed by atoms with Crippen LogP contribution in [0.2, 0.25) is 0 Å². The van der Waals surface area contributed by atoms with Crippen LogP contribution < -0.4 is 0 Å². The number of carbonyl (C=O) groups is 1. The number of hydrogen-bond acceptors (Lipinski definition) is 5. The predicted molar refractivity (Wildman–Crippen MR) is 76.7 cm³/mol. The fourth-order valence-electron chi connectivity index (χ4n) is 1.89. The lowest BCUT2D eigenvalue weighted by atomic mass is 10.1. The summed E-state index contributed by atoms with van der Waals surface area (Å²) in [5, 5.41) is 10.7. The second-order valence-electron chi connectivity index (χ2n) is 4.26. The van der Waals surface area contributed by atoms with Crippen molar-refractivity contribution in [1.29, 1.82) is 0 Å². The highest BCUT2D eigenvalue weighted by Gasteiger charge is 2.27. The molecule has 1 unspecified atom stereocenters. The lowest BCUT2D eigenvalue weighted by Crippen LogP contribution is -2.22. The van der Waals surface area contributed by atoms with Gasteiger partial charge in [-0.25, -0.2) is 13.6 Å². The van der Waals surface area contributed by atoms with Gasteiger partial charge in [0.25, 0.3) is 0 Å². The van der Waals surface area contributed by atoms with Crippen molar-refractivity contribution < 1.29 is 23.2 Å². The molecule has 1 atom stereocenters. The van der Waals surface area contributed by atoms with Crippen LogP contribution in [0, 0.1) is 21.7 Å². The van der Waals surface area contributed by atoms with E-state index in [2.05, 4.69) is 4.98 Å². The third-order valence-electron chi connectivity index (χ3n) is 2.84. The van der Waals surface area contributed by atoms with Crippen molar-refractivity contribution in [2.45, 2.75) is 20.4 Å². The Morgan fingerprint density at radius 1 is 1.43 bits per heavy atom. The molecule has 0 saturated carbocycles. The van der Waals surface area contributed by atoms with Crippen molar-refractivity contribution in [2.75, 3.05) is 6.61 Å². The van der Waals surface area contributed by atoms with Crippen LogP contribution in [0.3, 0.4) is 0 Å². The summed E-state index contributed by atoms with van der Waals surface area (Å²) >= 11 is 0. The molecule has 0 spiro atoms. The smallest absolute Gasteiger partial charge is 0.381 e. The predicted octanol–water partition coefficient (Wildman–Crippen LogP) is 2.86. The van der Waals surface area contributed by atoms with Gasteiger partial charge >= 0.3 is 11.8 Å². The minimum atomic E-state index is -1.20. The monoisotopic (exact) mass is 327 g/mol. The number of imidazole rings is 1. The molecule has 1 heterocycles. The number of esters is 1. The van der Waals surface area contributed by atoms with Gasteiger partial charge < -0.3 is 14.9 Å². The van der Waals surface area contributed by atoms with E-state index < -0.39 is 34.4 Å². The van der Waals surface area contributed by atoms with Crippen LogP contribution in [0.1, 0.15) is 26.0 Å². The molecule has 124 valence electrons. The summed E-state index contributed by atoms with van der Waals surface area (Å²) in [6.45, 7) is 1.65. The molecule has 23 heavy (non-hydrogen) atoms. The molecule has 9 heteroatoms. The van der Waals surface area contributed by atoms with Crippen LogP contribution in [-0.2, 0) is 9.53 Å². The Bertz CT molecular complexity index is 718. The van der Waals surface area contributed by atoms with Crippen molar-refractivity contribution in [3.05, 3.63) is 58.0 Å². The summed E-state index contributed by atoms with van der Waals surface area (Å²) in [6, 6.07) is 1.70.